The third-order valence-corrected chi connectivity index (χ3v) is 2.60. The van der Waals surface area contributed by atoms with Crippen LogP contribution in [0.15, 0.2) is 24.3 Å². The number of amides is 1. The maximum atomic E-state index is 13.4. The first-order valence-corrected chi connectivity index (χ1v) is 5.04. The first kappa shape index (κ1) is 7.65. The van der Waals surface area contributed by atoms with E-state index in [1.54, 1.807) is 12.1 Å². The van der Waals surface area contributed by atoms with Crippen LogP contribution in [0.25, 0.3) is 0 Å². The number of para-hydroxylation sites is 1. The molecule has 0 bridgehead atoms. The highest BCUT2D eigenvalue weighted by atomic mass is 19.1. The van der Waals surface area contributed by atoms with Gasteiger partial charge in [0.25, 0.3) is 5.91 Å². The molecule has 3 nitrogen and oxygen atoms in total. The second-order valence-corrected chi connectivity index (χ2v) is 3.93. The van der Waals surface area contributed by atoms with Crippen molar-refractivity contribution < 1.29 is 18.0 Å². The lowest BCUT2D eigenvalue weighted by Gasteiger charge is -2.10. The molecule has 0 aromatic heterocycles. The predicted octanol–water partition coefficient (Wildman–Crippen LogP) is 1.93. The summed E-state index contributed by atoms with van der Waals surface area (Å²) in [5.74, 6) is -0.576. The van der Waals surface area contributed by atoms with Crippen LogP contribution in [-0.2, 0) is 0 Å². The molecule has 4 heteroatoms. The molecule has 1 aliphatic rings. The maximum absolute atomic E-state index is 13.4. The van der Waals surface area contributed by atoms with Crippen molar-refractivity contribution in [2.24, 2.45) is 0 Å². The van der Waals surface area contributed by atoms with Gasteiger partial charge in [-0.05, 0) is 25.0 Å². The molecule has 1 amide bonds. The molecule has 0 saturated heterocycles. The van der Waals surface area contributed by atoms with E-state index in [9.17, 15) is 9.18 Å². The Morgan fingerprint density at radius 3 is 3.06 bits per heavy atom. The summed E-state index contributed by atoms with van der Waals surface area (Å²) in [7, 11) is -2.63. The van der Waals surface area contributed by atoms with Crippen molar-refractivity contribution in [1.29, 1.82) is 0 Å². The van der Waals surface area contributed by atoms with Gasteiger partial charge in [-0.15, -0.1) is 0 Å². The maximum Gasteiger partial charge on any atom is 0.255 e. The van der Waals surface area contributed by atoms with Gasteiger partial charge in [-0.2, -0.15) is 0 Å². The van der Waals surface area contributed by atoms with Gasteiger partial charge < -0.3 is 10.1 Å². The van der Waals surface area contributed by atoms with Crippen LogP contribution in [0.5, 0.6) is 5.75 Å². The van der Waals surface area contributed by atoms with E-state index in [1.807, 2.05) is 0 Å². The van der Waals surface area contributed by atoms with Crippen LogP contribution in [0.1, 0.15) is 27.3 Å². The molecule has 1 saturated carbocycles. The van der Waals surface area contributed by atoms with E-state index >= 15 is 0 Å². The third kappa shape index (κ3) is 2.32. The van der Waals surface area contributed by atoms with E-state index in [2.05, 4.69) is 5.32 Å². The van der Waals surface area contributed by atoms with Gasteiger partial charge in [-0.25, -0.2) is 4.39 Å². The van der Waals surface area contributed by atoms with Crippen molar-refractivity contribution in [3.63, 3.8) is 0 Å². The molecule has 1 aromatic rings. The number of alkyl halides is 1. The average Bonchev–Trinajstić information content (AvgIpc) is 3.04. The van der Waals surface area contributed by atoms with Crippen molar-refractivity contribution in [3.05, 3.63) is 29.8 Å². The Bertz CT molecular complexity index is 486. The van der Waals surface area contributed by atoms with Crippen LogP contribution >= 0.6 is 0 Å². The minimum Gasteiger partial charge on any atom is -0.496 e. The topological polar surface area (TPSA) is 38.3 Å². The molecule has 1 N–H and O–H groups in total. The summed E-state index contributed by atoms with van der Waals surface area (Å²) >= 11 is 0. The molecular weight excluding hydrogens is 209 g/mol. The number of ether oxygens (including phenoxy) is 1. The van der Waals surface area contributed by atoms with E-state index in [4.69, 9.17) is 8.85 Å². The van der Waals surface area contributed by atoms with E-state index in [0.29, 0.717) is 12.8 Å². The average molecular weight is 226 g/mol. The van der Waals surface area contributed by atoms with Gasteiger partial charge in [0.2, 0.25) is 0 Å². The Balaban J connectivity index is 2.07. The lowest BCUT2D eigenvalue weighted by Crippen LogP contribution is -2.31. The minimum atomic E-state index is -2.63. The summed E-state index contributed by atoms with van der Waals surface area (Å²) in [5, 5.41) is 2.45. The summed E-state index contributed by atoms with van der Waals surface area (Å²) in [6.07, 6.45) is 0.890. The second-order valence-electron chi connectivity index (χ2n) is 3.93. The number of carbonyl (C=O) groups is 1. The largest absolute Gasteiger partial charge is 0.496 e. The highest BCUT2D eigenvalue weighted by Crippen LogP contribution is 2.38. The quantitative estimate of drug-likeness (QED) is 0.851. The lowest BCUT2D eigenvalue weighted by atomic mass is 10.2. The van der Waals surface area contributed by atoms with Crippen molar-refractivity contribution >= 4 is 5.91 Å². The fourth-order valence-electron chi connectivity index (χ4n) is 1.39. The molecule has 0 spiro atoms. The number of nitrogens with one attached hydrogen (secondary N) is 1. The molecule has 0 atom stereocenters. The van der Waals surface area contributed by atoms with E-state index in [1.165, 1.54) is 12.1 Å². The van der Waals surface area contributed by atoms with Crippen molar-refractivity contribution in [2.75, 3.05) is 13.6 Å². The standard InChI is InChI=1S/C12H14FNO2/c1-16-10-5-3-2-4-9(10)11(15)14-8-12(13)6-7-12/h2-5H,6-8H2,1H3,(H,14,15)/i1D3. The zero-order chi connectivity index (χ0) is 14.1. The van der Waals surface area contributed by atoms with Crippen LogP contribution in [0, 0.1) is 0 Å². The van der Waals surface area contributed by atoms with Crippen LogP contribution in [0.2, 0.25) is 0 Å². The van der Waals surface area contributed by atoms with Crippen molar-refractivity contribution in [3.8, 4) is 5.75 Å². The highest BCUT2D eigenvalue weighted by Gasteiger charge is 2.43. The molecule has 1 aromatic carbocycles. The van der Waals surface area contributed by atoms with Gasteiger partial charge in [-0.1, -0.05) is 12.1 Å². The Labute approximate surface area is 97.8 Å². The lowest BCUT2D eigenvalue weighted by molar-refractivity contribution is 0.0935. The van der Waals surface area contributed by atoms with E-state index in [-0.39, 0.29) is 17.9 Å². The number of carbonyl (C=O) groups excluding carboxylic acids is 1. The zero-order valence-electron chi connectivity index (χ0n) is 11.6. The van der Waals surface area contributed by atoms with Gasteiger partial charge >= 0.3 is 0 Å². The van der Waals surface area contributed by atoms with Gasteiger partial charge in [0, 0.05) is 0 Å². The molecule has 86 valence electrons. The normalized spacial score (nSPS) is 20.2. The number of benzene rings is 1. The van der Waals surface area contributed by atoms with Crippen LogP contribution in [0.4, 0.5) is 4.39 Å². The van der Waals surface area contributed by atoms with Crippen molar-refractivity contribution in [2.45, 2.75) is 18.5 Å². The molecule has 1 fully saturated rings. The Hall–Kier alpha value is -1.58. The molecular formula is C12H14FNO2. The number of hydrogen-bond donors (Lipinski definition) is 1. The van der Waals surface area contributed by atoms with Crippen molar-refractivity contribution in [1.82, 2.24) is 5.32 Å². The fraction of sp³-hybridized carbons (Fsp3) is 0.417. The van der Waals surface area contributed by atoms with Gasteiger partial charge in [-0.3, -0.25) is 4.79 Å². The molecule has 0 heterocycles. The minimum absolute atomic E-state index is 0.0382. The molecule has 2 rings (SSSR count). The number of hydrogen-bond acceptors (Lipinski definition) is 2. The number of halogens is 1. The zero-order valence-corrected chi connectivity index (χ0v) is 8.63. The smallest absolute Gasteiger partial charge is 0.255 e. The third-order valence-electron chi connectivity index (χ3n) is 2.60. The summed E-state index contributed by atoms with van der Waals surface area (Å²) in [6.45, 7) is -0.0616. The van der Waals surface area contributed by atoms with Gasteiger partial charge in [0.15, 0.2) is 0 Å². The molecule has 16 heavy (non-hydrogen) atoms. The Kier molecular flexibility index (Phi) is 1.97. The number of rotatable bonds is 4. The van der Waals surface area contributed by atoms with E-state index < -0.39 is 18.6 Å². The van der Waals surface area contributed by atoms with Crippen LogP contribution < -0.4 is 10.1 Å². The molecule has 0 radical (unpaired) electrons. The molecule has 0 aliphatic heterocycles. The Morgan fingerprint density at radius 2 is 2.38 bits per heavy atom. The SMILES string of the molecule is [2H]C([2H])([2H])Oc1ccccc1C(=O)NCC1(F)CC1. The summed E-state index contributed by atoms with van der Waals surface area (Å²) in [4.78, 5) is 11.9. The fourth-order valence-corrected chi connectivity index (χ4v) is 1.39. The first-order chi connectivity index (χ1) is 8.79. The summed E-state index contributed by atoms with van der Waals surface area (Å²) in [6, 6.07) is 5.98. The monoisotopic (exact) mass is 226 g/mol. The van der Waals surface area contributed by atoms with Crippen LogP contribution in [0.3, 0.4) is 0 Å². The number of methoxy groups -OCH3 is 1. The summed E-state index contributed by atoms with van der Waals surface area (Å²) < 4.78 is 39.3. The van der Waals surface area contributed by atoms with Gasteiger partial charge in [0.05, 0.1) is 23.3 Å². The molecule has 0 unspecified atom stereocenters. The molecule has 1 aliphatic carbocycles. The predicted molar refractivity (Wildman–Crippen MR) is 58.4 cm³/mol. The summed E-state index contributed by atoms with van der Waals surface area (Å²) in [5.41, 5.74) is -1.21. The Morgan fingerprint density at radius 1 is 1.62 bits per heavy atom. The second kappa shape index (κ2) is 4.12. The first-order valence-electron chi connectivity index (χ1n) is 6.54. The van der Waals surface area contributed by atoms with Crippen LogP contribution in [-0.4, -0.2) is 25.2 Å². The van der Waals surface area contributed by atoms with E-state index in [0.717, 1.165) is 0 Å². The van der Waals surface area contributed by atoms with Gasteiger partial charge in [0.1, 0.15) is 11.4 Å². The highest BCUT2D eigenvalue weighted by molar-refractivity contribution is 5.96.